The molecule has 0 bridgehead atoms. The largest absolute Gasteiger partial charge is 0.365 e. The van der Waals surface area contributed by atoms with Crippen LogP contribution in [0.1, 0.15) is 60.4 Å². The standard InChI is InChI=1S/C18H25N5O3/c1-11(2)8-15-21-18(26-22-15)12-4-3-7-23(9-12)10-13-5-6-14(16(19)24)17(25)20-13/h5-6,11-12H,3-4,7-10H2,1-2H3,(H2,19,24)(H,20,25)/t12-/m0/s1. The van der Waals surface area contributed by atoms with Gasteiger partial charge in [-0.25, -0.2) is 0 Å². The number of aromatic nitrogens is 3. The maximum absolute atomic E-state index is 11.9. The number of hydrogen-bond acceptors (Lipinski definition) is 6. The molecule has 0 aromatic carbocycles. The van der Waals surface area contributed by atoms with Gasteiger partial charge in [-0.2, -0.15) is 4.98 Å². The van der Waals surface area contributed by atoms with Gasteiger partial charge in [-0.05, 0) is 37.4 Å². The summed E-state index contributed by atoms with van der Waals surface area (Å²) in [6.07, 6.45) is 2.85. The second-order valence-electron chi connectivity index (χ2n) is 7.31. The number of carbonyl (C=O) groups is 1. The summed E-state index contributed by atoms with van der Waals surface area (Å²) in [5.41, 5.74) is 5.46. The molecule has 2 aromatic rings. The average molecular weight is 359 g/mol. The van der Waals surface area contributed by atoms with Gasteiger partial charge >= 0.3 is 0 Å². The summed E-state index contributed by atoms with van der Waals surface area (Å²) in [6, 6.07) is 3.21. The number of piperidine rings is 1. The Morgan fingerprint density at radius 2 is 2.27 bits per heavy atom. The van der Waals surface area contributed by atoms with Crippen molar-refractivity contribution in [2.45, 2.75) is 45.6 Å². The van der Waals surface area contributed by atoms with E-state index in [2.05, 4.69) is 33.9 Å². The highest BCUT2D eigenvalue weighted by molar-refractivity contribution is 5.92. The van der Waals surface area contributed by atoms with Crippen molar-refractivity contribution in [3.63, 3.8) is 0 Å². The lowest BCUT2D eigenvalue weighted by Gasteiger charge is -2.30. The highest BCUT2D eigenvalue weighted by Gasteiger charge is 2.26. The Bertz CT molecular complexity index is 826. The van der Waals surface area contributed by atoms with Crippen molar-refractivity contribution in [2.75, 3.05) is 13.1 Å². The number of H-pyrrole nitrogens is 1. The lowest BCUT2D eigenvalue weighted by Crippen LogP contribution is -2.35. The molecular formula is C18H25N5O3. The molecule has 1 aliphatic heterocycles. The first-order valence-corrected chi connectivity index (χ1v) is 8.99. The molecule has 0 unspecified atom stereocenters. The Balaban J connectivity index is 1.65. The fourth-order valence-corrected chi connectivity index (χ4v) is 3.32. The Kier molecular flexibility index (Phi) is 5.51. The minimum Gasteiger partial charge on any atom is -0.365 e. The molecule has 8 nitrogen and oxygen atoms in total. The highest BCUT2D eigenvalue weighted by Crippen LogP contribution is 2.26. The second-order valence-corrected chi connectivity index (χ2v) is 7.31. The number of carbonyl (C=O) groups excluding carboxylic acids is 1. The molecule has 0 radical (unpaired) electrons. The summed E-state index contributed by atoms with van der Waals surface area (Å²) in [7, 11) is 0. The topological polar surface area (TPSA) is 118 Å². The maximum Gasteiger partial charge on any atom is 0.261 e. The minimum atomic E-state index is -0.718. The first kappa shape index (κ1) is 18.3. The zero-order chi connectivity index (χ0) is 18.7. The van der Waals surface area contributed by atoms with Crippen LogP contribution in [0.3, 0.4) is 0 Å². The van der Waals surface area contributed by atoms with Gasteiger partial charge in [-0.15, -0.1) is 0 Å². The van der Waals surface area contributed by atoms with E-state index in [0.717, 1.165) is 43.9 Å². The smallest absolute Gasteiger partial charge is 0.261 e. The number of primary amides is 1. The van der Waals surface area contributed by atoms with Crippen LogP contribution >= 0.6 is 0 Å². The monoisotopic (exact) mass is 359 g/mol. The third kappa shape index (κ3) is 4.37. The first-order chi connectivity index (χ1) is 12.4. The number of nitrogens with two attached hydrogens (primary N) is 1. The van der Waals surface area contributed by atoms with Crippen LogP contribution in [-0.4, -0.2) is 39.0 Å². The van der Waals surface area contributed by atoms with Crippen molar-refractivity contribution in [3.05, 3.63) is 45.5 Å². The Labute approximate surface area is 151 Å². The Morgan fingerprint density at radius 3 is 2.96 bits per heavy atom. The van der Waals surface area contributed by atoms with Crippen LogP contribution in [0, 0.1) is 5.92 Å². The number of likely N-dealkylation sites (tertiary alicyclic amines) is 1. The van der Waals surface area contributed by atoms with Gasteiger partial charge in [0.1, 0.15) is 5.56 Å². The summed E-state index contributed by atoms with van der Waals surface area (Å²) < 4.78 is 5.47. The van der Waals surface area contributed by atoms with E-state index in [9.17, 15) is 9.59 Å². The van der Waals surface area contributed by atoms with E-state index in [4.69, 9.17) is 10.3 Å². The maximum atomic E-state index is 11.9. The zero-order valence-corrected chi connectivity index (χ0v) is 15.2. The number of nitrogens with one attached hydrogen (secondary N) is 1. The molecule has 1 saturated heterocycles. The van der Waals surface area contributed by atoms with Gasteiger partial charge in [0, 0.05) is 25.2 Å². The van der Waals surface area contributed by atoms with E-state index < -0.39 is 11.5 Å². The molecule has 0 aliphatic carbocycles. The number of hydrogen-bond donors (Lipinski definition) is 2. The van der Waals surface area contributed by atoms with E-state index >= 15 is 0 Å². The molecule has 3 heterocycles. The third-order valence-corrected chi connectivity index (χ3v) is 4.56. The third-order valence-electron chi connectivity index (χ3n) is 4.56. The van der Waals surface area contributed by atoms with Crippen molar-refractivity contribution in [1.82, 2.24) is 20.0 Å². The molecule has 0 saturated carbocycles. The van der Waals surface area contributed by atoms with Crippen molar-refractivity contribution in [3.8, 4) is 0 Å². The number of amides is 1. The van der Waals surface area contributed by atoms with Crippen LogP contribution < -0.4 is 11.3 Å². The predicted octanol–water partition coefficient (Wildman–Crippen LogP) is 1.43. The molecule has 2 aromatic heterocycles. The second kappa shape index (κ2) is 7.82. The van der Waals surface area contributed by atoms with E-state index in [1.54, 1.807) is 6.07 Å². The zero-order valence-electron chi connectivity index (χ0n) is 15.2. The lowest BCUT2D eigenvalue weighted by atomic mass is 9.97. The van der Waals surface area contributed by atoms with Crippen molar-refractivity contribution < 1.29 is 9.32 Å². The minimum absolute atomic E-state index is 0.0196. The van der Waals surface area contributed by atoms with Gasteiger partial charge < -0.3 is 15.2 Å². The summed E-state index contributed by atoms with van der Waals surface area (Å²) in [5, 5.41) is 4.08. The van der Waals surface area contributed by atoms with Crippen LogP contribution in [0.4, 0.5) is 0 Å². The lowest BCUT2D eigenvalue weighted by molar-refractivity contribution is 0.0998. The Hall–Kier alpha value is -2.48. The molecule has 26 heavy (non-hydrogen) atoms. The molecule has 8 heteroatoms. The van der Waals surface area contributed by atoms with E-state index in [1.165, 1.54) is 6.07 Å². The highest BCUT2D eigenvalue weighted by atomic mass is 16.5. The quantitative estimate of drug-likeness (QED) is 0.805. The van der Waals surface area contributed by atoms with Crippen molar-refractivity contribution in [1.29, 1.82) is 0 Å². The van der Waals surface area contributed by atoms with Gasteiger partial charge in [0.05, 0.1) is 5.92 Å². The van der Waals surface area contributed by atoms with Gasteiger partial charge in [-0.3, -0.25) is 14.5 Å². The molecular weight excluding hydrogens is 334 g/mol. The molecule has 3 N–H and O–H groups in total. The van der Waals surface area contributed by atoms with Gasteiger partial charge in [0.25, 0.3) is 11.5 Å². The van der Waals surface area contributed by atoms with E-state index in [1.807, 2.05) is 0 Å². The van der Waals surface area contributed by atoms with Gasteiger partial charge in [0.2, 0.25) is 5.89 Å². The van der Waals surface area contributed by atoms with E-state index in [-0.39, 0.29) is 11.5 Å². The first-order valence-electron chi connectivity index (χ1n) is 8.99. The average Bonchev–Trinajstić information content (AvgIpc) is 3.02. The number of rotatable bonds is 6. The number of nitrogens with zero attached hydrogens (tertiary/aromatic N) is 3. The van der Waals surface area contributed by atoms with Crippen LogP contribution in [0.2, 0.25) is 0 Å². The molecule has 1 aliphatic rings. The fourth-order valence-electron chi connectivity index (χ4n) is 3.32. The molecule has 0 spiro atoms. The Morgan fingerprint density at radius 1 is 1.46 bits per heavy atom. The van der Waals surface area contributed by atoms with Crippen LogP contribution in [0.15, 0.2) is 21.5 Å². The van der Waals surface area contributed by atoms with Gasteiger partial charge in [-0.1, -0.05) is 19.0 Å². The normalized spacial score (nSPS) is 18.3. The molecule has 1 atom stereocenters. The van der Waals surface area contributed by atoms with Crippen molar-refractivity contribution >= 4 is 5.91 Å². The predicted molar refractivity (Wildman–Crippen MR) is 95.7 cm³/mol. The molecule has 140 valence electrons. The fraction of sp³-hybridized carbons (Fsp3) is 0.556. The summed E-state index contributed by atoms with van der Waals surface area (Å²) in [6.45, 7) is 6.58. The summed E-state index contributed by atoms with van der Waals surface area (Å²) in [5.74, 6) is 1.43. The molecule has 3 rings (SSSR count). The SMILES string of the molecule is CC(C)Cc1noc([C@H]2CCCN(Cc3ccc(C(N)=O)c(=O)[nH]3)C2)n1. The number of aromatic amines is 1. The summed E-state index contributed by atoms with van der Waals surface area (Å²) >= 11 is 0. The van der Waals surface area contributed by atoms with E-state index in [0.29, 0.717) is 18.4 Å². The summed E-state index contributed by atoms with van der Waals surface area (Å²) in [4.78, 5) is 32.6. The number of pyridine rings is 1. The van der Waals surface area contributed by atoms with Crippen molar-refractivity contribution in [2.24, 2.45) is 11.7 Å². The van der Waals surface area contributed by atoms with Crippen LogP contribution in [0.5, 0.6) is 0 Å². The van der Waals surface area contributed by atoms with Crippen LogP contribution in [-0.2, 0) is 13.0 Å². The van der Waals surface area contributed by atoms with Crippen LogP contribution in [0.25, 0.3) is 0 Å². The molecule has 1 fully saturated rings. The van der Waals surface area contributed by atoms with Gasteiger partial charge in [0.15, 0.2) is 5.82 Å². The molecule has 1 amide bonds.